The molecule has 1 heterocycles. The number of nitrogens with one attached hydrogen (secondary N) is 2. The fraction of sp³-hybridized carbons (Fsp3) is 0.250. The lowest BCUT2D eigenvalue weighted by Crippen LogP contribution is -2.23. The molecule has 1 aromatic carbocycles. The van der Waals surface area contributed by atoms with E-state index in [0.29, 0.717) is 16.9 Å². The van der Waals surface area contributed by atoms with Gasteiger partial charge in [-0.25, -0.2) is 14.8 Å². The van der Waals surface area contributed by atoms with E-state index in [1.54, 1.807) is 12.1 Å². The van der Waals surface area contributed by atoms with Gasteiger partial charge in [-0.05, 0) is 23.1 Å². The lowest BCUT2D eigenvalue weighted by atomic mass is 9.85. The number of amides is 2. The third kappa shape index (κ3) is 3.79. The maximum Gasteiger partial charge on any atom is 0.323 e. The van der Waals surface area contributed by atoms with Crippen LogP contribution in [-0.4, -0.2) is 16.0 Å². The van der Waals surface area contributed by atoms with E-state index in [1.807, 2.05) is 26.8 Å². The van der Waals surface area contributed by atoms with Crippen molar-refractivity contribution >= 4 is 17.4 Å². The van der Waals surface area contributed by atoms with Gasteiger partial charge in [0, 0.05) is 5.69 Å². The van der Waals surface area contributed by atoms with Gasteiger partial charge in [-0.1, -0.05) is 26.8 Å². The Labute approximate surface area is 129 Å². The number of benzene rings is 1. The number of hydrogen-bond donors (Lipinski definition) is 2. The molecule has 0 aliphatic rings. The fourth-order valence-corrected chi connectivity index (χ4v) is 2.02. The molecule has 0 fully saturated rings. The SMILES string of the molecule is CC(C)(C)c1ccc(C#N)cc1NC(=O)Nc1cncnc1. The highest BCUT2D eigenvalue weighted by atomic mass is 16.2. The summed E-state index contributed by atoms with van der Waals surface area (Å²) >= 11 is 0. The van der Waals surface area contributed by atoms with Gasteiger partial charge in [-0.2, -0.15) is 5.26 Å². The monoisotopic (exact) mass is 295 g/mol. The molecule has 0 spiro atoms. The molecule has 1 aromatic heterocycles. The van der Waals surface area contributed by atoms with Gasteiger partial charge in [0.1, 0.15) is 6.33 Å². The highest BCUT2D eigenvalue weighted by Gasteiger charge is 2.19. The molecule has 112 valence electrons. The average Bonchev–Trinajstić information content (AvgIpc) is 2.46. The summed E-state index contributed by atoms with van der Waals surface area (Å²) in [5.74, 6) is 0. The van der Waals surface area contributed by atoms with Crippen molar-refractivity contribution in [3.05, 3.63) is 48.0 Å². The lowest BCUT2D eigenvalue weighted by molar-refractivity contribution is 0.262. The molecular weight excluding hydrogens is 278 g/mol. The molecule has 0 atom stereocenters. The predicted molar refractivity (Wildman–Crippen MR) is 84.5 cm³/mol. The maximum atomic E-state index is 12.1. The highest BCUT2D eigenvalue weighted by Crippen LogP contribution is 2.30. The highest BCUT2D eigenvalue weighted by molar-refractivity contribution is 6.00. The van der Waals surface area contributed by atoms with E-state index in [4.69, 9.17) is 5.26 Å². The van der Waals surface area contributed by atoms with Gasteiger partial charge in [0.15, 0.2) is 0 Å². The zero-order chi connectivity index (χ0) is 16.2. The van der Waals surface area contributed by atoms with Gasteiger partial charge in [0.2, 0.25) is 0 Å². The zero-order valence-corrected chi connectivity index (χ0v) is 12.7. The van der Waals surface area contributed by atoms with Crippen LogP contribution in [0.4, 0.5) is 16.2 Å². The number of urea groups is 1. The second kappa shape index (κ2) is 6.22. The number of carbonyl (C=O) groups is 1. The first-order valence-corrected chi connectivity index (χ1v) is 6.78. The molecule has 0 bridgehead atoms. The van der Waals surface area contributed by atoms with Crippen LogP contribution in [0.1, 0.15) is 31.9 Å². The second-order valence-corrected chi connectivity index (χ2v) is 5.83. The van der Waals surface area contributed by atoms with E-state index in [0.717, 1.165) is 5.56 Å². The van der Waals surface area contributed by atoms with Crippen molar-refractivity contribution in [1.29, 1.82) is 5.26 Å². The Hall–Kier alpha value is -2.94. The molecule has 0 unspecified atom stereocenters. The Morgan fingerprint density at radius 3 is 2.45 bits per heavy atom. The van der Waals surface area contributed by atoms with Crippen LogP contribution in [0.5, 0.6) is 0 Å². The number of nitriles is 1. The van der Waals surface area contributed by atoms with Crippen LogP contribution in [0, 0.1) is 11.3 Å². The summed E-state index contributed by atoms with van der Waals surface area (Å²) in [6.45, 7) is 6.13. The van der Waals surface area contributed by atoms with Crippen molar-refractivity contribution < 1.29 is 4.79 Å². The van der Waals surface area contributed by atoms with E-state index in [2.05, 4.69) is 26.7 Å². The van der Waals surface area contributed by atoms with Crippen LogP contribution in [0.2, 0.25) is 0 Å². The third-order valence-corrected chi connectivity index (χ3v) is 3.02. The molecule has 0 aliphatic heterocycles. The summed E-state index contributed by atoms with van der Waals surface area (Å²) in [5.41, 5.74) is 2.39. The van der Waals surface area contributed by atoms with E-state index in [-0.39, 0.29) is 5.41 Å². The predicted octanol–water partition coefficient (Wildman–Crippen LogP) is 3.29. The van der Waals surface area contributed by atoms with Gasteiger partial charge >= 0.3 is 6.03 Å². The molecule has 2 rings (SSSR count). The summed E-state index contributed by atoms with van der Waals surface area (Å²) in [4.78, 5) is 19.8. The summed E-state index contributed by atoms with van der Waals surface area (Å²) in [7, 11) is 0. The standard InChI is InChI=1S/C16H17N5O/c1-16(2,3)13-5-4-11(7-17)6-14(13)21-15(22)20-12-8-18-10-19-9-12/h4-6,8-10H,1-3H3,(H2,20,21,22). The molecule has 2 amide bonds. The van der Waals surface area contributed by atoms with Crippen molar-refractivity contribution in [1.82, 2.24) is 9.97 Å². The summed E-state index contributed by atoms with van der Waals surface area (Å²) in [6.07, 6.45) is 4.39. The largest absolute Gasteiger partial charge is 0.323 e. The number of rotatable bonds is 2. The topological polar surface area (TPSA) is 90.7 Å². The quantitative estimate of drug-likeness (QED) is 0.889. The van der Waals surface area contributed by atoms with Gasteiger partial charge in [-0.15, -0.1) is 0 Å². The second-order valence-electron chi connectivity index (χ2n) is 5.83. The van der Waals surface area contributed by atoms with Gasteiger partial charge in [-0.3, -0.25) is 0 Å². The molecule has 22 heavy (non-hydrogen) atoms. The van der Waals surface area contributed by atoms with Crippen molar-refractivity contribution in [2.45, 2.75) is 26.2 Å². The first kappa shape index (κ1) is 15.4. The Morgan fingerprint density at radius 1 is 1.18 bits per heavy atom. The van der Waals surface area contributed by atoms with Crippen LogP contribution >= 0.6 is 0 Å². The van der Waals surface area contributed by atoms with E-state index in [1.165, 1.54) is 18.7 Å². The molecule has 2 aromatic rings. The maximum absolute atomic E-state index is 12.1. The van der Waals surface area contributed by atoms with Crippen molar-refractivity contribution in [3.63, 3.8) is 0 Å². The molecule has 6 nitrogen and oxygen atoms in total. The van der Waals surface area contributed by atoms with Gasteiger partial charge in [0.05, 0.1) is 29.7 Å². The summed E-state index contributed by atoms with van der Waals surface area (Å²) < 4.78 is 0. The van der Waals surface area contributed by atoms with Crippen molar-refractivity contribution in [3.8, 4) is 6.07 Å². The average molecular weight is 295 g/mol. The van der Waals surface area contributed by atoms with Crippen LogP contribution in [0.15, 0.2) is 36.9 Å². The van der Waals surface area contributed by atoms with Crippen LogP contribution in [0.3, 0.4) is 0 Å². The summed E-state index contributed by atoms with van der Waals surface area (Å²) in [6, 6.07) is 6.94. The Balaban J connectivity index is 2.24. The van der Waals surface area contributed by atoms with Crippen molar-refractivity contribution in [2.75, 3.05) is 10.6 Å². The molecular formula is C16H17N5O. The minimum atomic E-state index is -0.407. The molecule has 6 heteroatoms. The molecule has 0 saturated carbocycles. The minimum Gasteiger partial charge on any atom is -0.307 e. The number of anilines is 2. The third-order valence-electron chi connectivity index (χ3n) is 3.02. The normalized spacial score (nSPS) is 10.6. The van der Waals surface area contributed by atoms with Crippen LogP contribution in [-0.2, 0) is 5.41 Å². The minimum absolute atomic E-state index is 0.160. The van der Waals surface area contributed by atoms with Gasteiger partial charge in [0.25, 0.3) is 0 Å². The first-order valence-electron chi connectivity index (χ1n) is 6.78. The number of carbonyl (C=O) groups excluding carboxylic acids is 1. The Bertz CT molecular complexity index is 714. The van der Waals surface area contributed by atoms with Crippen molar-refractivity contribution in [2.24, 2.45) is 0 Å². The molecule has 2 N–H and O–H groups in total. The van der Waals surface area contributed by atoms with E-state index < -0.39 is 6.03 Å². The molecule has 0 radical (unpaired) electrons. The molecule has 0 saturated heterocycles. The van der Waals surface area contributed by atoms with Gasteiger partial charge < -0.3 is 10.6 Å². The number of nitrogens with zero attached hydrogens (tertiary/aromatic N) is 3. The van der Waals surface area contributed by atoms with E-state index in [9.17, 15) is 4.79 Å². The Morgan fingerprint density at radius 2 is 1.86 bits per heavy atom. The van der Waals surface area contributed by atoms with Crippen LogP contribution < -0.4 is 10.6 Å². The smallest absolute Gasteiger partial charge is 0.307 e. The lowest BCUT2D eigenvalue weighted by Gasteiger charge is -2.23. The summed E-state index contributed by atoms with van der Waals surface area (Å²) in [5, 5.41) is 14.5. The van der Waals surface area contributed by atoms with E-state index >= 15 is 0 Å². The number of hydrogen-bond acceptors (Lipinski definition) is 4. The molecule has 0 aliphatic carbocycles. The zero-order valence-electron chi connectivity index (χ0n) is 12.7. The first-order chi connectivity index (χ1) is 10.4. The Kier molecular flexibility index (Phi) is 4.37. The van der Waals surface area contributed by atoms with Crippen LogP contribution in [0.25, 0.3) is 0 Å². The fourth-order valence-electron chi connectivity index (χ4n) is 2.02. The number of aromatic nitrogens is 2.